The van der Waals surface area contributed by atoms with E-state index >= 15 is 0 Å². The standard InChI is InChI=1S/C18H27N3O2S/c1-15(2)18(7-10-19)8-11-21(12-9-18)14-16-5-4-6-17(13-16)20-24(3,22)23/h4-6,13,15,20H,7-9,11-12,14H2,1-3H3. The number of nitriles is 1. The predicted molar refractivity (Wildman–Crippen MR) is 96.9 cm³/mol. The molecular weight excluding hydrogens is 322 g/mol. The third-order valence-electron chi connectivity index (χ3n) is 5.14. The van der Waals surface area contributed by atoms with Crippen molar-refractivity contribution < 1.29 is 8.42 Å². The normalized spacial score (nSPS) is 18.3. The quantitative estimate of drug-likeness (QED) is 0.856. The second kappa shape index (κ2) is 7.54. The van der Waals surface area contributed by atoms with E-state index < -0.39 is 10.0 Å². The Kier molecular flexibility index (Phi) is 5.89. The lowest BCUT2D eigenvalue weighted by atomic mass is 9.68. The highest BCUT2D eigenvalue weighted by Gasteiger charge is 2.37. The summed E-state index contributed by atoms with van der Waals surface area (Å²) in [7, 11) is -3.25. The molecule has 2 rings (SSSR count). The number of benzene rings is 1. The molecule has 0 atom stereocenters. The highest BCUT2D eigenvalue weighted by molar-refractivity contribution is 7.92. The van der Waals surface area contributed by atoms with E-state index in [9.17, 15) is 8.42 Å². The maximum absolute atomic E-state index is 11.4. The molecule has 6 heteroatoms. The van der Waals surface area contributed by atoms with Gasteiger partial charge in [0.25, 0.3) is 0 Å². The smallest absolute Gasteiger partial charge is 0.229 e. The first-order valence-electron chi connectivity index (χ1n) is 8.40. The number of hydrogen-bond acceptors (Lipinski definition) is 4. The molecule has 0 aromatic heterocycles. The molecule has 1 heterocycles. The highest BCUT2D eigenvalue weighted by Crippen LogP contribution is 2.41. The lowest BCUT2D eigenvalue weighted by molar-refractivity contribution is 0.0617. The van der Waals surface area contributed by atoms with Crippen LogP contribution in [0.5, 0.6) is 0 Å². The van der Waals surface area contributed by atoms with E-state index in [0.717, 1.165) is 44.3 Å². The van der Waals surface area contributed by atoms with Crippen LogP contribution in [0.2, 0.25) is 0 Å². The van der Waals surface area contributed by atoms with Crippen LogP contribution >= 0.6 is 0 Å². The number of nitrogens with one attached hydrogen (secondary N) is 1. The predicted octanol–water partition coefficient (Wildman–Crippen LogP) is 3.21. The number of sulfonamides is 1. The molecule has 0 spiro atoms. The summed E-state index contributed by atoms with van der Waals surface area (Å²) >= 11 is 0. The zero-order valence-electron chi connectivity index (χ0n) is 14.7. The molecule has 5 nitrogen and oxygen atoms in total. The van der Waals surface area contributed by atoms with Crippen LogP contribution in [0.3, 0.4) is 0 Å². The minimum absolute atomic E-state index is 0.144. The van der Waals surface area contributed by atoms with Crippen LogP contribution < -0.4 is 4.72 Å². The highest BCUT2D eigenvalue weighted by atomic mass is 32.2. The van der Waals surface area contributed by atoms with Gasteiger partial charge in [-0.1, -0.05) is 26.0 Å². The van der Waals surface area contributed by atoms with Gasteiger partial charge < -0.3 is 0 Å². The lowest BCUT2D eigenvalue weighted by Gasteiger charge is -2.43. The minimum atomic E-state index is -3.25. The van der Waals surface area contributed by atoms with Crippen molar-refractivity contribution in [3.63, 3.8) is 0 Å². The van der Waals surface area contributed by atoms with Crippen LogP contribution in [-0.2, 0) is 16.6 Å². The summed E-state index contributed by atoms with van der Waals surface area (Å²) in [6.45, 7) is 7.19. The summed E-state index contributed by atoms with van der Waals surface area (Å²) in [5.74, 6) is 0.515. The average Bonchev–Trinajstić information content (AvgIpc) is 2.48. The van der Waals surface area contributed by atoms with Gasteiger partial charge in [-0.15, -0.1) is 0 Å². The van der Waals surface area contributed by atoms with Crippen molar-refractivity contribution in [2.45, 2.75) is 39.7 Å². The molecule has 0 amide bonds. The van der Waals surface area contributed by atoms with Crippen molar-refractivity contribution in [1.29, 1.82) is 5.26 Å². The van der Waals surface area contributed by atoms with Gasteiger partial charge in [0.05, 0.1) is 12.3 Å². The van der Waals surface area contributed by atoms with Crippen molar-refractivity contribution >= 4 is 15.7 Å². The van der Waals surface area contributed by atoms with E-state index in [-0.39, 0.29) is 5.41 Å². The Morgan fingerprint density at radius 3 is 2.54 bits per heavy atom. The largest absolute Gasteiger partial charge is 0.299 e. The van der Waals surface area contributed by atoms with E-state index in [1.54, 1.807) is 6.07 Å². The number of anilines is 1. The fourth-order valence-electron chi connectivity index (χ4n) is 3.48. The first kappa shape index (κ1) is 18.8. The van der Waals surface area contributed by atoms with Gasteiger partial charge in [0.15, 0.2) is 0 Å². The molecule has 1 aromatic rings. The Morgan fingerprint density at radius 2 is 2.00 bits per heavy atom. The molecule has 1 aromatic carbocycles. The summed E-state index contributed by atoms with van der Waals surface area (Å²) < 4.78 is 25.2. The minimum Gasteiger partial charge on any atom is -0.299 e. The van der Waals surface area contributed by atoms with Crippen LogP contribution in [0.1, 0.15) is 38.7 Å². The van der Waals surface area contributed by atoms with Gasteiger partial charge in [-0.2, -0.15) is 5.26 Å². The van der Waals surface area contributed by atoms with Crippen LogP contribution in [0.4, 0.5) is 5.69 Å². The van der Waals surface area contributed by atoms with Gasteiger partial charge in [-0.05, 0) is 55.0 Å². The number of nitrogens with zero attached hydrogens (tertiary/aromatic N) is 2. The maximum atomic E-state index is 11.4. The van der Waals surface area contributed by atoms with Crippen LogP contribution in [0, 0.1) is 22.7 Å². The summed E-state index contributed by atoms with van der Waals surface area (Å²) in [4.78, 5) is 2.39. The van der Waals surface area contributed by atoms with Crippen molar-refractivity contribution in [3.8, 4) is 6.07 Å². The SMILES string of the molecule is CC(C)C1(CC#N)CCN(Cc2cccc(NS(C)(=O)=O)c2)CC1. The van der Waals surface area contributed by atoms with Crippen molar-refractivity contribution in [2.24, 2.45) is 11.3 Å². The Bertz CT molecular complexity index is 699. The Labute approximate surface area is 145 Å². The fourth-order valence-corrected chi connectivity index (χ4v) is 4.03. The first-order valence-corrected chi connectivity index (χ1v) is 10.3. The van der Waals surface area contributed by atoms with Gasteiger partial charge in [0, 0.05) is 18.7 Å². The summed E-state index contributed by atoms with van der Waals surface area (Å²) in [5.41, 5.74) is 1.85. The molecule has 1 fully saturated rings. The summed E-state index contributed by atoms with van der Waals surface area (Å²) in [6, 6.07) is 9.92. The van der Waals surface area contributed by atoms with Gasteiger partial charge in [-0.3, -0.25) is 9.62 Å². The van der Waals surface area contributed by atoms with Gasteiger partial charge >= 0.3 is 0 Å². The third kappa shape index (κ3) is 4.96. The van der Waals surface area contributed by atoms with Crippen LogP contribution in [-0.4, -0.2) is 32.7 Å². The van der Waals surface area contributed by atoms with Crippen molar-refractivity contribution in [1.82, 2.24) is 4.90 Å². The Hall–Kier alpha value is -1.58. The maximum Gasteiger partial charge on any atom is 0.229 e. The number of likely N-dealkylation sites (tertiary alicyclic amines) is 1. The van der Waals surface area contributed by atoms with Gasteiger partial charge in [-0.25, -0.2) is 8.42 Å². The molecule has 1 aliphatic rings. The Morgan fingerprint density at radius 1 is 1.33 bits per heavy atom. The van der Waals surface area contributed by atoms with E-state index in [0.29, 0.717) is 18.0 Å². The van der Waals surface area contributed by atoms with Crippen LogP contribution in [0.25, 0.3) is 0 Å². The molecule has 1 saturated heterocycles. The fraction of sp³-hybridized carbons (Fsp3) is 0.611. The van der Waals surface area contributed by atoms with Gasteiger partial charge in [0.2, 0.25) is 10.0 Å². The Balaban J connectivity index is 1.99. The van der Waals surface area contributed by atoms with Gasteiger partial charge in [0.1, 0.15) is 0 Å². The monoisotopic (exact) mass is 349 g/mol. The van der Waals surface area contributed by atoms with E-state index in [1.807, 2.05) is 18.2 Å². The summed E-state index contributed by atoms with van der Waals surface area (Å²) in [5, 5.41) is 9.14. The third-order valence-corrected chi connectivity index (χ3v) is 5.75. The van der Waals surface area contributed by atoms with Crippen molar-refractivity contribution in [2.75, 3.05) is 24.1 Å². The second-order valence-corrected chi connectivity index (χ2v) is 8.95. The zero-order chi connectivity index (χ0) is 17.8. The average molecular weight is 350 g/mol. The molecule has 24 heavy (non-hydrogen) atoms. The number of hydrogen-bond donors (Lipinski definition) is 1. The molecule has 1 aliphatic heterocycles. The first-order chi connectivity index (χ1) is 11.2. The lowest BCUT2D eigenvalue weighted by Crippen LogP contribution is -2.42. The van der Waals surface area contributed by atoms with Crippen molar-refractivity contribution in [3.05, 3.63) is 29.8 Å². The van der Waals surface area contributed by atoms with E-state index in [4.69, 9.17) is 5.26 Å². The zero-order valence-corrected chi connectivity index (χ0v) is 15.6. The molecule has 0 saturated carbocycles. The molecular formula is C18H27N3O2S. The molecule has 0 unspecified atom stereocenters. The molecule has 0 bridgehead atoms. The van der Waals surface area contributed by atoms with E-state index in [1.165, 1.54) is 0 Å². The topological polar surface area (TPSA) is 73.2 Å². The number of piperidine rings is 1. The molecule has 1 N–H and O–H groups in total. The summed E-state index contributed by atoms with van der Waals surface area (Å²) in [6.07, 6.45) is 3.87. The molecule has 0 aliphatic carbocycles. The number of rotatable bonds is 6. The molecule has 0 radical (unpaired) electrons. The molecule has 132 valence electrons. The second-order valence-electron chi connectivity index (χ2n) is 7.20. The van der Waals surface area contributed by atoms with Crippen LogP contribution in [0.15, 0.2) is 24.3 Å². The van der Waals surface area contributed by atoms with E-state index in [2.05, 4.69) is 29.5 Å².